The summed E-state index contributed by atoms with van der Waals surface area (Å²) in [6.07, 6.45) is 2.74. The number of carbonyl (C=O) groups excluding carboxylic acids is 3. The van der Waals surface area contributed by atoms with E-state index in [2.05, 4.69) is 5.32 Å². The Kier molecular flexibility index (Phi) is 5.80. The first-order valence-electron chi connectivity index (χ1n) is 10.5. The molecule has 1 aromatic heterocycles. The number of hydrogen-bond acceptors (Lipinski definition) is 5. The van der Waals surface area contributed by atoms with Crippen LogP contribution in [0.2, 0.25) is 0 Å². The van der Waals surface area contributed by atoms with Crippen molar-refractivity contribution in [3.05, 3.63) is 70.9 Å². The number of ether oxygens (including phenoxy) is 1. The lowest BCUT2D eigenvalue weighted by atomic mass is 9.90. The van der Waals surface area contributed by atoms with Crippen molar-refractivity contribution < 1.29 is 19.1 Å². The Morgan fingerprint density at radius 2 is 1.71 bits per heavy atom. The minimum absolute atomic E-state index is 0.186. The van der Waals surface area contributed by atoms with E-state index in [-0.39, 0.29) is 11.7 Å². The number of aromatic nitrogens is 1. The number of Topliss-reactive ketones (excluding diaryl/α,β-unsaturated/α-hetero) is 1. The lowest BCUT2D eigenvalue weighted by molar-refractivity contribution is -0.114. The van der Waals surface area contributed by atoms with Crippen molar-refractivity contribution in [2.24, 2.45) is 0 Å². The summed E-state index contributed by atoms with van der Waals surface area (Å²) in [5, 5.41) is 3.42. The first-order chi connectivity index (χ1) is 14.9. The Hall–Kier alpha value is -3.54. The number of ketones is 1. The van der Waals surface area contributed by atoms with Gasteiger partial charge in [0, 0.05) is 29.3 Å². The Balaban J connectivity index is 1.59. The Morgan fingerprint density at radius 1 is 1.00 bits per heavy atom. The molecular weight excluding hydrogens is 392 g/mol. The highest BCUT2D eigenvalue weighted by molar-refractivity contribution is 6.07. The van der Waals surface area contributed by atoms with Crippen LogP contribution in [0.4, 0.5) is 5.69 Å². The fourth-order valence-electron chi connectivity index (χ4n) is 4.03. The van der Waals surface area contributed by atoms with Crippen LogP contribution in [-0.4, -0.2) is 28.7 Å². The normalized spacial score (nSPS) is 13.9. The summed E-state index contributed by atoms with van der Waals surface area (Å²) in [7, 11) is 0. The summed E-state index contributed by atoms with van der Waals surface area (Å²) in [4.78, 5) is 41.9. The molecule has 0 bridgehead atoms. The third-order valence-corrected chi connectivity index (χ3v) is 5.52. The third-order valence-electron chi connectivity index (χ3n) is 5.52. The van der Waals surface area contributed by atoms with Crippen LogP contribution in [-0.2, 0) is 22.4 Å². The summed E-state index contributed by atoms with van der Waals surface area (Å²) in [6, 6.07) is 14.1. The van der Waals surface area contributed by atoms with Crippen LogP contribution in [0.5, 0.6) is 0 Å². The zero-order chi connectivity index (χ0) is 22.0. The maximum absolute atomic E-state index is 13.2. The number of nitrogens with zero attached hydrogens (tertiary/aromatic N) is 1. The molecule has 1 amide bonds. The van der Waals surface area contributed by atoms with E-state index in [1.54, 1.807) is 31.2 Å². The largest absolute Gasteiger partial charge is 0.451 e. The van der Waals surface area contributed by atoms with Crippen LogP contribution in [0.1, 0.15) is 58.7 Å². The number of benzene rings is 2. The predicted molar refractivity (Wildman–Crippen MR) is 118 cm³/mol. The minimum Gasteiger partial charge on any atom is -0.451 e. The number of para-hydroxylation sites is 1. The van der Waals surface area contributed by atoms with Crippen molar-refractivity contribution in [2.45, 2.75) is 45.6 Å². The second kappa shape index (κ2) is 8.68. The van der Waals surface area contributed by atoms with Crippen LogP contribution in [0.25, 0.3) is 10.9 Å². The average Bonchev–Trinajstić information content (AvgIpc) is 2.76. The number of esters is 1. The zero-order valence-electron chi connectivity index (χ0n) is 17.6. The monoisotopic (exact) mass is 416 g/mol. The van der Waals surface area contributed by atoms with Gasteiger partial charge < -0.3 is 10.1 Å². The van der Waals surface area contributed by atoms with Gasteiger partial charge >= 0.3 is 5.97 Å². The zero-order valence-corrected chi connectivity index (χ0v) is 17.6. The number of aryl methyl sites for hydroxylation is 1. The van der Waals surface area contributed by atoms with Crippen molar-refractivity contribution >= 4 is 34.3 Å². The minimum atomic E-state index is -0.940. The molecule has 31 heavy (non-hydrogen) atoms. The van der Waals surface area contributed by atoms with Crippen LogP contribution >= 0.6 is 0 Å². The topological polar surface area (TPSA) is 85.4 Å². The van der Waals surface area contributed by atoms with E-state index in [9.17, 15) is 14.4 Å². The molecule has 6 nitrogen and oxygen atoms in total. The van der Waals surface area contributed by atoms with E-state index in [0.29, 0.717) is 16.8 Å². The molecule has 3 aromatic rings. The Labute approximate surface area is 180 Å². The Morgan fingerprint density at radius 3 is 2.45 bits per heavy atom. The second-order valence-corrected chi connectivity index (χ2v) is 7.81. The van der Waals surface area contributed by atoms with Gasteiger partial charge in [-0.05, 0) is 68.5 Å². The number of hydrogen-bond donors (Lipinski definition) is 1. The molecule has 1 N–H and O–H groups in total. The average molecular weight is 416 g/mol. The summed E-state index contributed by atoms with van der Waals surface area (Å²) >= 11 is 0. The highest BCUT2D eigenvalue weighted by atomic mass is 16.5. The quantitative estimate of drug-likeness (QED) is 0.489. The number of nitrogens with one attached hydrogen (secondary N) is 1. The van der Waals surface area contributed by atoms with Gasteiger partial charge in [0.25, 0.3) is 0 Å². The molecule has 0 spiro atoms. The molecule has 0 fully saturated rings. The smallest absolute Gasteiger partial charge is 0.339 e. The summed E-state index contributed by atoms with van der Waals surface area (Å²) in [6.45, 7) is 3.00. The number of anilines is 1. The van der Waals surface area contributed by atoms with E-state index in [4.69, 9.17) is 9.72 Å². The number of carbonyl (C=O) groups is 3. The molecule has 1 aliphatic carbocycles. The summed E-state index contributed by atoms with van der Waals surface area (Å²) < 4.78 is 5.64. The van der Waals surface area contributed by atoms with Gasteiger partial charge in [0.05, 0.1) is 11.1 Å². The molecule has 2 aromatic carbocycles. The number of rotatable bonds is 5. The second-order valence-electron chi connectivity index (χ2n) is 7.81. The van der Waals surface area contributed by atoms with Crippen LogP contribution in [0.15, 0.2) is 48.5 Å². The summed E-state index contributed by atoms with van der Waals surface area (Å²) in [5.74, 6) is -0.975. The van der Waals surface area contributed by atoms with Crippen LogP contribution in [0.3, 0.4) is 0 Å². The SMILES string of the molecule is CC(=O)Nc1ccc(C(=O)[C@H](C)OC(=O)c2c3c(nc4ccccc24)CCCC3)cc1. The Bertz CT molecular complexity index is 1170. The predicted octanol–water partition coefficient (Wildman–Crippen LogP) is 4.50. The van der Waals surface area contributed by atoms with Gasteiger partial charge in [-0.3, -0.25) is 14.6 Å². The molecule has 1 aliphatic rings. The van der Waals surface area contributed by atoms with Crippen LogP contribution < -0.4 is 5.32 Å². The van der Waals surface area contributed by atoms with Gasteiger partial charge in [0.15, 0.2) is 6.10 Å². The molecule has 4 rings (SSSR count). The van der Waals surface area contributed by atoms with Crippen molar-refractivity contribution in [2.75, 3.05) is 5.32 Å². The van der Waals surface area contributed by atoms with E-state index in [0.717, 1.165) is 47.8 Å². The van der Waals surface area contributed by atoms with E-state index in [1.165, 1.54) is 6.92 Å². The van der Waals surface area contributed by atoms with Gasteiger partial charge in [0.1, 0.15) is 0 Å². The molecule has 158 valence electrons. The van der Waals surface area contributed by atoms with E-state index < -0.39 is 12.1 Å². The fraction of sp³-hybridized carbons (Fsp3) is 0.280. The van der Waals surface area contributed by atoms with E-state index in [1.807, 2.05) is 24.3 Å². The molecule has 0 saturated heterocycles. The first-order valence-corrected chi connectivity index (χ1v) is 10.5. The number of fused-ring (bicyclic) bond motifs is 2. The highest BCUT2D eigenvalue weighted by Crippen LogP contribution is 2.30. The lowest BCUT2D eigenvalue weighted by Crippen LogP contribution is -2.26. The van der Waals surface area contributed by atoms with Crippen molar-refractivity contribution in [1.82, 2.24) is 4.98 Å². The molecule has 0 saturated carbocycles. The van der Waals surface area contributed by atoms with Crippen LogP contribution in [0, 0.1) is 0 Å². The van der Waals surface area contributed by atoms with Gasteiger partial charge in [-0.2, -0.15) is 0 Å². The molecule has 1 atom stereocenters. The standard InChI is InChI=1S/C25H24N2O4/c1-15(24(29)17-11-13-18(14-12-17)26-16(2)28)31-25(30)23-19-7-3-5-9-21(19)27-22-10-6-4-8-20(22)23/h3,5,7,9,11-15H,4,6,8,10H2,1-2H3,(H,26,28)/t15-/m0/s1. The molecule has 1 heterocycles. The van der Waals surface area contributed by atoms with E-state index >= 15 is 0 Å². The summed E-state index contributed by atoms with van der Waals surface area (Å²) in [5.41, 5.74) is 4.20. The van der Waals surface area contributed by atoms with Gasteiger partial charge in [-0.15, -0.1) is 0 Å². The highest BCUT2D eigenvalue weighted by Gasteiger charge is 2.27. The third kappa shape index (κ3) is 4.33. The number of amides is 1. The molecule has 0 unspecified atom stereocenters. The maximum atomic E-state index is 13.2. The molecule has 6 heteroatoms. The van der Waals surface area contributed by atoms with Crippen molar-refractivity contribution in [3.63, 3.8) is 0 Å². The molecular formula is C25H24N2O4. The first kappa shape index (κ1) is 20.7. The fourth-order valence-corrected chi connectivity index (χ4v) is 4.03. The maximum Gasteiger partial charge on any atom is 0.339 e. The van der Waals surface area contributed by atoms with Gasteiger partial charge in [0.2, 0.25) is 11.7 Å². The lowest BCUT2D eigenvalue weighted by Gasteiger charge is -2.21. The van der Waals surface area contributed by atoms with Crippen molar-refractivity contribution in [3.8, 4) is 0 Å². The molecule has 0 radical (unpaired) electrons. The van der Waals surface area contributed by atoms with Gasteiger partial charge in [-0.1, -0.05) is 18.2 Å². The van der Waals surface area contributed by atoms with Crippen molar-refractivity contribution in [1.29, 1.82) is 0 Å². The number of pyridine rings is 1. The van der Waals surface area contributed by atoms with Gasteiger partial charge in [-0.25, -0.2) is 4.79 Å². The molecule has 0 aliphatic heterocycles.